The molecule has 0 bridgehead atoms. The van der Waals surface area contributed by atoms with Crippen LogP contribution in [0.4, 0.5) is 0 Å². The molecule has 1 saturated heterocycles. The molecule has 1 saturated carbocycles. The van der Waals surface area contributed by atoms with Crippen molar-refractivity contribution in [1.29, 1.82) is 0 Å². The van der Waals surface area contributed by atoms with E-state index in [1.54, 1.807) is 4.90 Å². The molecule has 108 valence electrons. The van der Waals surface area contributed by atoms with Gasteiger partial charge in [-0.15, -0.1) is 0 Å². The summed E-state index contributed by atoms with van der Waals surface area (Å²) in [5.74, 6) is -1.24. The molecular formula is C14H23NO4. The summed E-state index contributed by atoms with van der Waals surface area (Å²) in [4.78, 5) is 25.6. The third-order valence-electron chi connectivity index (χ3n) is 4.55. The largest absolute Gasteiger partial charge is 0.481 e. The molecule has 1 aliphatic heterocycles. The highest BCUT2D eigenvalue weighted by atomic mass is 16.5. The van der Waals surface area contributed by atoms with Crippen LogP contribution in [-0.2, 0) is 14.3 Å². The van der Waals surface area contributed by atoms with Crippen molar-refractivity contribution in [3.05, 3.63) is 0 Å². The summed E-state index contributed by atoms with van der Waals surface area (Å²) in [6.07, 6.45) is 4.10. The first-order valence-electron chi connectivity index (χ1n) is 7.19. The molecule has 1 amide bonds. The number of amides is 1. The second-order valence-electron chi connectivity index (χ2n) is 5.61. The summed E-state index contributed by atoms with van der Waals surface area (Å²) in [6.45, 7) is 4.79. The van der Waals surface area contributed by atoms with Crippen molar-refractivity contribution in [1.82, 2.24) is 4.90 Å². The topological polar surface area (TPSA) is 66.8 Å². The van der Waals surface area contributed by atoms with E-state index in [9.17, 15) is 9.59 Å². The number of carboxylic acid groups (broad SMARTS) is 1. The van der Waals surface area contributed by atoms with Crippen LogP contribution in [0.5, 0.6) is 0 Å². The molecule has 0 aromatic heterocycles. The fraction of sp³-hybridized carbons (Fsp3) is 0.857. The molecule has 0 radical (unpaired) electrons. The maximum atomic E-state index is 12.7. The number of hydrogen-bond acceptors (Lipinski definition) is 3. The van der Waals surface area contributed by atoms with E-state index in [2.05, 4.69) is 0 Å². The highest BCUT2D eigenvalue weighted by Crippen LogP contribution is 2.37. The molecule has 1 aliphatic carbocycles. The van der Waals surface area contributed by atoms with Gasteiger partial charge in [-0.3, -0.25) is 9.59 Å². The third kappa shape index (κ3) is 2.48. The van der Waals surface area contributed by atoms with Crippen molar-refractivity contribution in [2.24, 2.45) is 5.92 Å². The number of carbonyl (C=O) groups excluding carboxylic acids is 1. The molecule has 0 aromatic rings. The highest BCUT2D eigenvalue weighted by Gasteiger charge is 2.48. The Morgan fingerprint density at radius 3 is 2.47 bits per heavy atom. The van der Waals surface area contributed by atoms with Gasteiger partial charge in [-0.1, -0.05) is 0 Å². The number of rotatable bonds is 4. The second-order valence-corrected chi connectivity index (χ2v) is 5.61. The fourth-order valence-electron chi connectivity index (χ4n) is 3.46. The van der Waals surface area contributed by atoms with Crippen LogP contribution >= 0.6 is 0 Å². The molecule has 2 atom stereocenters. The van der Waals surface area contributed by atoms with E-state index in [1.165, 1.54) is 0 Å². The number of carboxylic acids is 1. The van der Waals surface area contributed by atoms with E-state index in [0.29, 0.717) is 19.6 Å². The van der Waals surface area contributed by atoms with Crippen molar-refractivity contribution in [3.63, 3.8) is 0 Å². The van der Waals surface area contributed by atoms with E-state index < -0.39 is 17.5 Å². The van der Waals surface area contributed by atoms with Crippen LogP contribution in [0.2, 0.25) is 0 Å². The van der Waals surface area contributed by atoms with Gasteiger partial charge in [0, 0.05) is 19.2 Å². The van der Waals surface area contributed by atoms with Gasteiger partial charge in [-0.2, -0.15) is 0 Å². The Morgan fingerprint density at radius 2 is 2.00 bits per heavy atom. The molecule has 5 nitrogen and oxygen atoms in total. The van der Waals surface area contributed by atoms with Gasteiger partial charge in [-0.25, -0.2) is 0 Å². The highest BCUT2D eigenvalue weighted by molar-refractivity contribution is 5.87. The molecule has 2 rings (SSSR count). The van der Waals surface area contributed by atoms with E-state index in [1.807, 2.05) is 13.8 Å². The SMILES string of the molecule is CCOC1(C(=O)N2CCC(C(=O)O)C2C)CCCC1. The van der Waals surface area contributed by atoms with Crippen LogP contribution in [0.3, 0.4) is 0 Å². The van der Waals surface area contributed by atoms with Gasteiger partial charge in [0.25, 0.3) is 5.91 Å². The molecule has 0 spiro atoms. The molecule has 19 heavy (non-hydrogen) atoms. The van der Waals surface area contributed by atoms with E-state index >= 15 is 0 Å². The summed E-state index contributed by atoms with van der Waals surface area (Å²) < 4.78 is 5.77. The summed E-state index contributed by atoms with van der Waals surface area (Å²) in [5, 5.41) is 9.15. The van der Waals surface area contributed by atoms with Crippen LogP contribution in [0.25, 0.3) is 0 Å². The number of nitrogens with zero attached hydrogens (tertiary/aromatic N) is 1. The Kier molecular flexibility index (Phi) is 4.13. The number of hydrogen-bond donors (Lipinski definition) is 1. The van der Waals surface area contributed by atoms with Crippen molar-refractivity contribution in [2.45, 2.75) is 57.6 Å². The van der Waals surface area contributed by atoms with Crippen molar-refractivity contribution < 1.29 is 19.4 Å². The average molecular weight is 269 g/mol. The van der Waals surface area contributed by atoms with Gasteiger partial charge < -0.3 is 14.7 Å². The van der Waals surface area contributed by atoms with Crippen LogP contribution < -0.4 is 0 Å². The van der Waals surface area contributed by atoms with Crippen molar-refractivity contribution in [2.75, 3.05) is 13.2 Å². The van der Waals surface area contributed by atoms with Gasteiger partial charge >= 0.3 is 5.97 Å². The smallest absolute Gasteiger partial charge is 0.308 e. The van der Waals surface area contributed by atoms with Gasteiger partial charge in [0.05, 0.1) is 5.92 Å². The molecule has 2 unspecified atom stereocenters. The zero-order valence-electron chi connectivity index (χ0n) is 11.7. The zero-order chi connectivity index (χ0) is 14.0. The Morgan fingerprint density at radius 1 is 1.37 bits per heavy atom. The predicted octanol–water partition coefficient (Wildman–Crippen LogP) is 1.66. The van der Waals surface area contributed by atoms with Crippen molar-refractivity contribution in [3.8, 4) is 0 Å². The van der Waals surface area contributed by atoms with Gasteiger partial charge in [0.1, 0.15) is 5.60 Å². The first-order valence-corrected chi connectivity index (χ1v) is 7.19. The lowest BCUT2D eigenvalue weighted by Gasteiger charge is -2.34. The maximum Gasteiger partial charge on any atom is 0.308 e. The van der Waals surface area contributed by atoms with Crippen LogP contribution in [0.1, 0.15) is 46.0 Å². The first-order chi connectivity index (χ1) is 9.02. The minimum atomic E-state index is -0.806. The minimum Gasteiger partial charge on any atom is -0.481 e. The molecule has 1 N–H and O–H groups in total. The lowest BCUT2D eigenvalue weighted by atomic mass is 9.98. The van der Waals surface area contributed by atoms with Gasteiger partial charge in [0.15, 0.2) is 0 Å². The fourth-order valence-corrected chi connectivity index (χ4v) is 3.46. The Bertz CT molecular complexity index is 362. The summed E-state index contributed by atoms with van der Waals surface area (Å²) in [7, 11) is 0. The van der Waals surface area contributed by atoms with Crippen LogP contribution in [0, 0.1) is 5.92 Å². The quantitative estimate of drug-likeness (QED) is 0.843. The minimum absolute atomic E-state index is 0.00287. The standard InChI is InChI=1S/C14H23NO4/c1-3-19-14(7-4-5-8-14)13(18)15-9-6-11(10(15)2)12(16)17/h10-11H,3-9H2,1-2H3,(H,16,17). The Labute approximate surface area is 113 Å². The van der Waals surface area contributed by atoms with E-state index in [-0.39, 0.29) is 11.9 Å². The third-order valence-corrected chi connectivity index (χ3v) is 4.55. The maximum absolute atomic E-state index is 12.7. The van der Waals surface area contributed by atoms with Crippen molar-refractivity contribution >= 4 is 11.9 Å². The number of ether oxygens (including phenoxy) is 1. The zero-order valence-corrected chi connectivity index (χ0v) is 11.7. The lowest BCUT2D eigenvalue weighted by Crippen LogP contribution is -2.51. The molecule has 1 heterocycles. The number of likely N-dealkylation sites (tertiary alicyclic amines) is 1. The molecular weight excluding hydrogens is 246 g/mol. The lowest BCUT2D eigenvalue weighted by molar-refractivity contribution is -0.159. The predicted molar refractivity (Wildman–Crippen MR) is 69.7 cm³/mol. The molecule has 2 fully saturated rings. The van der Waals surface area contributed by atoms with E-state index in [4.69, 9.17) is 9.84 Å². The second kappa shape index (κ2) is 5.49. The molecule has 5 heteroatoms. The summed E-state index contributed by atoms with van der Waals surface area (Å²) >= 11 is 0. The average Bonchev–Trinajstić information content (AvgIpc) is 2.96. The van der Waals surface area contributed by atoms with Gasteiger partial charge in [-0.05, 0) is 46.0 Å². The molecule has 0 aromatic carbocycles. The van der Waals surface area contributed by atoms with Gasteiger partial charge in [0.2, 0.25) is 0 Å². The summed E-state index contributed by atoms with van der Waals surface area (Å²) in [6, 6.07) is -0.233. The Balaban J connectivity index is 2.13. The summed E-state index contributed by atoms with van der Waals surface area (Å²) in [5.41, 5.74) is -0.684. The first kappa shape index (κ1) is 14.3. The van der Waals surface area contributed by atoms with Crippen LogP contribution in [-0.4, -0.2) is 46.7 Å². The van der Waals surface area contributed by atoms with E-state index in [0.717, 1.165) is 25.7 Å². The monoisotopic (exact) mass is 269 g/mol. The number of aliphatic carboxylic acids is 1. The Hall–Kier alpha value is -1.10. The molecule has 2 aliphatic rings. The number of carbonyl (C=O) groups is 2. The normalized spacial score (nSPS) is 29.7. The van der Waals surface area contributed by atoms with Crippen LogP contribution in [0.15, 0.2) is 0 Å².